The van der Waals surface area contributed by atoms with E-state index in [9.17, 15) is 22.0 Å². The third kappa shape index (κ3) is 5.24. The topological polar surface area (TPSA) is 94.0 Å². The molecule has 0 unspecified atom stereocenters. The zero-order valence-electron chi connectivity index (χ0n) is 19.3. The first kappa shape index (κ1) is 24.3. The number of hydrogen-bond acceptors (Lipinski definition) is 5. The van der Waals surface area contributed by atoms with Crippen molar-refractivity contribution in [3.63, 3.8) is 0 Å². The van der Waals surface area contributed by atoms with Crippen molar-refractivity contribution in [2.24, 2.45) is 0 Å². The zero-order valence-corrected chi connectivity index (χ0v) is 20.1. The third-order valence-corrected chi connectivity index (χ3v) is 7.35. The van der Waals surface area contributed by atoms with Crippen molar-refractivity contribution in [3.05, 3.63) is 109 Å². The van der Waals surface area contributed by atoms with Crippen molar-refractivity contribution in [1.29, 1.82) is 0 Å². The lowest BCUT2D eigenvalue weighted by Gasteiger charge is -2.08. The van der Waals surface area contributed by atoms with Crippen LogP contribution in [0.1, 0.15) is 5.56 Å². The van der Waals surface area contributed by atoms with E-state index in [0.29, 0.717) is 6.07 Å². The molecule has 2 aromatic carbocycles. The van der Waals surface area contributed by atoms with Gasteiger partial charge in [0.1, 0.15) is 23.2 Å². The molecule has 0 saturated carbocycles. The fraction of sp³-hybridized carbons (Fsp3) is 0.0741. The van der Waals surface area contributed by atoms with E-state index >= 15 is 0 Å². The molecule has 0 aliphatic carbocycles. The van der Waals surface area contributed by atoms with Gasteiger partial charge in [0.25, 0.3) is 0 Å². The van der Waals surface area contributed by atoms with E-state index in [2.05, 4.69) is 15.3 Å². The van der Waals surface area contributed by atoms with Crippen molar-refractivity contribution >= 4 is 32.5 Å². The van der Waals surface area contributed by atoms with Crippen LogP contribution in [0.25, 0.3) is 22.0 Å². The van der Waals surface area contributed by atoms with Gasteiger partial charge >= 0.3 is 0 Å². The predicted octanol–water partition coefficient (Wildman–Crippen LogP) is 4.84. The van der Waals surface area contributed by atoms with Gasteiger partial charge in [0.2, 0.25) is 5.91 Å². The second-order valence-corrected chi connectivity index (χ2v) is 10.3. The number of rotatable bonds is 7. The van der Waals surface area contributed by atoms with E-state index in [-0.39, 0.29) is 28.2 Å². The molecule has 186 valence electrons. The molecule has 3 heterocycles. The Morgan fingerprint density at radius 3 is 2.54 bits per heavy atom. The summed E-state index contributed by atoms with van der Waals surface area (Å²) in [5.41, 5.74) is 2.62. The summed E-state index contributed by atoms with van der Waals surface area (Å²) < 4.78 is 57.0. The van der Waals surface area contributed by atoms with Crippen LogP contribution in [0.4, 0.5) is 14.6 Å². The summed E-state index contributed by atoms with van der Waals surface area (Å²) in [7, 11) is -4.30. The van der Waals surface area contributed by atoms with E-state index in [1.807, 2.05) is 36.4 Å². The molecule has 1 N–H and O–H groups in total. The highest BCUT2D eigenvalue weighted by Gasteiger charge is 2.27. The Bertz CT molecular complexity index is 1710. The molecular weight excluding hydrogens is 498 g/mol. The molecule has 3 aromatic heterocycles. The molecule has 0 atom stereocenters. The summed E-state index contributed by atoms with van der Waals surface area (Å²) in [5, 5.41) is 2.15. The molecule has 0 spiro atoms. The molecule has 0 radical (unpaired) electrons. The van der Waals surface area contributed by atoms with Crippen LogP contribution >= 0.6 is 0 Å². The molecule has 0 aliphatic heterocycles. The van der Waals surface area contributed by atoms with Gasteiger partial charge in [-0.2, -0.15) is 0 Å². The van der Waals surface area contributed by atoms with Crippen molar-refractivity contribution in [2.45, 2.75) is 11.4 Å². The molecule has 1 amide bonds. The first-order chi connectivity index (χ1) is 17.8. The lowest BCUT2D eigenvalue weighted by molar-refractivity contribution is -0.113. The van der Waals surface area contributed by atoms with Gasteiger partial charge in [-0.25, -0.2) is 22.2 Å². The Labute approximate surface area is 211 Å². The smallest absolute Gasteiger partial charge is 0.241 e. The summed E-state index contributed by atoms with van der Waals surface area (Å²) in [6.07, 6.45) is 6.08. The number of pyridine rings is 2. The minimum atomic E-state index is -4.30. The molecular formula is C27H20F2N4O3S. The van der Waals surface area contributed by atoms with Crippen LogP contribution < -0.4 is 5.32 Å². The Morgan fingerprint density at radius 2 is 1.78 bits per heavy atom. The van der Waals surface area contributed by atoms with Gasteiger partial charge in [0, 0.05) is 37.4 Å². The second kappa shape index (κ2) is 9.90. The SMILES string of the molecule is O=C(CS(=O)(=O)c1cn(Cc2cccc(-c3cccnc3)c2)c2cc(F)cc(F)c12)Nc1ccccn1. The van der Waals surface area contributed by atoms with Crippen LogP contribution in [-0.4, -0.2) is 34.6 Å². The van der Waals surface area contributed by atoms with Crippen LogP contribution in [0, 0.1) is 11.6 Å². The zero-order chi connectivity index (χ0) is 26.0. The average Bonchev–Trinajstić information content (AvgIpc) is 3.24. The van der Waals surface area contributed by atoms with E-state index in [4.69, 9.17) is 0 Å². The number of amides is 1. The molecule has 0 fully saturated rings. The third-order valence-electron chi connectivity index (χ3n) is 5.73. The number of halogens is 2. The quantitative estimate of drug-likeness (QED) is 0.333. The van der Waals surface area contributed by atoms with Crippen LogP contribution in [0.15, 0.2) is 96.4 Å². The van der Waals surface area contributed by atoms with Gasteiger partial charge < -0.3 is 9.88 Å². The molecule has 0 bridgehead atoms. The number of fused-ring (bicyclic) bond motifs is 1. The van der Waals surface area contributed by atoms with Gasteiger partial charge in [-0.15, -0.1) is 0 Å². The molecule has 5 rings (SSSR count). The summed E-state index contributed by atoms with van der Waals surface area (Å²) in [6, 6.07) is 17.7. The summed E-state index contributed by atoms with van der Waals surface area (Å²) in [5.74, 6) is -3.44. The number of hydrogen-bond donors (Lipinski definition) is 1. The van der Waals surface area contributed by atoms with E-state index in [1.54, 1.807) is 24.5 Å². The monoisotopic (exact) mass is 518 g/mol. The largest absolute Gasteiger partial charge is 0.342 e. The number of carbonyl (C=O) groups excluding carboxylic acids is 1. The first-order valence-corrected chi connectivity index (χ1v) is 12.9. The highest BCUT2D eigenvalue weighted by molar-refractivity contribution is 7.92. The molecule has 0 aliphatic rings. The minimum absolute atomic E-state index is 0.0630. The Hall–Kier alpha value is -4.44. The van der Waals surface area contributed by atoms with E-state index in [1.165, 1.54) is 23.0 Å². The Kier molecular flexibility index (Phi) is 6.49. The standard InChI is InChI=1S/C27H20F2N4O3S/c28-21-12-22(29)27-23(13-21)33(15-18-5-3-6-19(11-18)20-7-4-9-30-14-20)16-24(27)37(35,36)17-26(34)32-25-8-1-2-10-31-25/h1-14,16H,15,17H2,(H,31,32,34). The Morgan fingerprint density at radius 1 is 0.946 bits per heavy atom. The highest BCUT2D eigenvalue weighted by Crippen LogP contribution is 2.31. The maximum Gasteiger partial charge on any atom is 0.241 e. The number of sulfone groups is 1. The second-order valence-electron chi connectivity index (χ2n) is 8.37. The summed E-state index contributed by atoms with van der Waals surface area (Å²) >= 11 is 0. The van der Waals surface area contributed by atoms with Gasteiger partial charge in [0.05, 0.1) is 15.8 Å². The maximum absolute atomic E-state index is 14.9. The molecule has 5 aromatic rings. The summed E-state index contributed by atoms with van der Waals surface area (Å²) in [6.45, 7) is 0.142. The van der Waals surface area contributed by atoms with Crippen molar-refractivity contribution in [2.75, 3.05) is 11.1 Å². The van der Waals surface area contributed by atoms with Gasteiger partial charge in [-0.1, -0.05) is 30.3 Å². The number of benzene rings is 2. The van der Waals surface area contributed by atoms with E-state index < -0.39 is 33.1 Å². The molecule has 37 heavy (non-hydrogen) atoms. The fourth-order valence-electron chi connectivity index (χ4n) is 4.12. The van der Waals surface area contributed by atoms with Crippen molar-refractivity contribution in [1.82, 2.24) is 14.5 Å². The number of anilines is 1. The van der Waals surface area contributed by atoms with Crippen molar-refractivity contribution < 1.29 is 22.0 Å². The lowest BCUT2D eigenvalue weighted by atomic mass is 10.0. The van der Waals surface area contributed by atoms with Crippen LogP contribution in [0.5, 0.6) is 0 Å². The van der Waals surface area contributed by atoms with Crippen LogP contribution in [0.3, 0.4) is 0 Å². The van der Waals surface area contributed by atoms with Crippen LogP contribution in [0.2, 0.25) is 0 Å². The first-order valence-electron chi connectivity index (χ1n) is 11.2. The normalized spacial score (nSPS) is 11.5. The number of nitrogens with one attached hydrogen (secondary N) is 1. The average molecular weight is 519 g/mol. The van der Waals surface area contributed by atoms with Gasteiger partial charge in [-0.05, 0) is 47.0 Å². The van der Waals surface area contributed by atoms with Crippen molar-refractivity contribution in [3.8, 4) is 11.1 Å². The van der Waals surface area contributed by atoms with Gasteiger partial charge in [0.15, 0.2) is 9.84 Å². The summed E-state index contributed by atoms with van der Waals surface area (Å²) in [4.78, 5) is 20.1. The molecule has 10 heteroatoms. The fourth-order valence-corrected chi connectivity index (χ4v) is 5.49. The number of aromatic nitrogens is 3. The highest BCUT2D eigenvalue weighted by atomic mass is 32.2. The molecule has 0 saturated heterocycles. The lowest BCUT2D eigenvalue weighted by Crippen LogP contribution is -2.23. The van der Waals surface area contributed by atoms with E-state index in [0.717, 1.165) is 22.8 Å². The maximum atomic E-state index is 14.9. The van der Waals surface area contributed by atoms with Gasteiger partial charge in [-0.3, -0.25) is 9.78 Å². The van der Waals surface area contributed by atoms with Crippen LogP contribution in [-0.2, 0) is 21.2 Å². The number of nitrogens with zero attached hydrogens (tertiary/aromatic N) is 3. The Balaban J connectivity index is 1.51. The minimum Gasteiger partial charge on any atom is -0.342 e. The molecule has 7 nitrogen and oxygen atoms in total. The predicted molar refractivity (Wildman–Crippen MR) is 136 cm³/mol. The number of carbonyl (C=O) groups is 1.